The van der Waals surface area contributed by atoms with Crippen LogP contribution in [0, 0.1) is 6.92 Å². The van der Waals surface area contributed by atoms with Crippen molar-refractivity contribution in [1.82, 2.24) is 0 Å². The van der Waals surface area contributed by atoms with Crippen molar-refractivity contribution in [2.24, 2.45) is 0 Å². The van der Waals surface area contributed by atoms with Crippen molar-refractivity contribution < 1.29 is 0 Å². The first-order valence-corrected chi connectivity index (χ1v) is 8.53. The van der Waals surface area contributed by atoms with Gasteiger partial charge in [0.25, 0.3) is 0 Å². The van der Waals surface area contributed by atoms with Gasteiger partial charge in [-0.05, 0) is 47.0 Å². The van der Waals surface area contributed by atoms with Crippen molar-refractivity contribution in [3.8, 4) is 0 Å². The van der Waals surface area contributed by atoms with Crippen LogP contribution >= 0.6 is 15.9 Å². The van der Waals surface area contributed by atoms with E-state index in [1.165, 1.54) is 62.6 Å². The topological polar surface area (TPSA) is 12.0 Å². The smallest absolute Gasteiger partial charge is 0.0487 e. The molecule has 0 radical (unpaired) electrons. The highest BCUT2D eigenvalue weighted by Gasteiger charge is 1.98. The van der Waals surface area contributed by atoms with E-state index in [0.29, 0.717) is 0 Å². The summed E-state index contributed by atoms with van der Waals surface area (Å²) in [6.45, 7) is 5.49. The van der Waals surface area contributed by atoms with Gasteiger partial charge < -0.3 is 5.32 Å². The largest absolute Gasteiger partial charge is 0.384 e. The predicted molar refractivity (Wildman–Crippen MR) is 90.0 cm³/mol. The Hall–Kier alpha value is -0.500. The molecule has 0 heterocycles. The first-order chi connectivity index (χ1) is 9.24. The third-order valence-corrected chi connectivity index (χ3v) is 4.16. The molecule has 0 amide bonds. The maximum atomic E-state index is 3.59. The molecule has 2 heteroatoms. The lowest BCUT2D eigenvalue weighted by Crippen LogP contribution is -2.02. The van der Waals surface area contributed by atoms with Crippen molar-refractivity contribution in [3.63, 3.8) is 0 Å². The second-order valence-corrected chi connectivity index (χ2v) is 6.24. The lowest BCUT2D eigenvalue weighted by Gasteiger charge is -2.09. The summed E-state index contributed by atoms with van der Waals surface area (Å²) < 4.78 is 1.16. The zero-order chi connectivity index (χ0) is 13.9. The average Bonchev–Trinajstić information content (AvgIpc) is 2.40. The molecule has 0 bridgehead atoms. The fraction of sp³-hybridized carbons (Fsp3) is 0.647. The number of nitrogens with one attached hydrogen (secondary N) is 1. The maximum absolute atomic E-state index is 3.59. The predicted octanol–water partition coefficient (Wildman–Crippen LogP) is 6.31. The Bertz CT molecular complexity index is 349. The van der Waals surface area contributed by atoms with Crippen LogP contribution in [0.15, 0.2) is 22.7 Å². The summed E-state index contributed by atoms with van der Waals surface area (Å²) in [4.78, 5) is 0. The van der Waals surface area contributed by atoms with Crippen LogP contribution in [0.1, 0.15) is 63.9 Å². The van der Waals surface area contributed by atoms with Crippen molar-refractivity contribution in [2.75, 3.05) is 11.9 Å². The van der Waals surface area contributed by atoms with E-state index in [-0.39, 0.29) is 0 Å². The number of benzene rings is 1. The van der Waals surface area contributed by atoms with E-state index in [0.717, 1.165) is 11.0 Å². The molecule has 1 aromatic rings. The van der Waals surface area contributed by atoms with Crippen LogP contribution in [-0.2, 0) is 0 Å². The Morgan fingerprint density at radius 2 is 1.58 bits per heavy atom. The van der Waals surface area contributed by atoms with Gasteiger partial charge in [0, 0.05) is 16.7 Å². The molecule has 1 N–H and O–H groups in total. The molecule has 0 aliphatic carbocycles. The molecule has 0 unspecified atom stereocenters. The Balaban J connectivity index is 2.03. The molecule has 1 nitrogen and oxygen atoms in total. The van der Waals surface area contributed by atoms with E-state index >= 15 is 0 Å². The van der Waals surface area contributed by atoms with Crippen LogP contribution in [0.2, 0.25) is 0 Å². The number of hydrogen-bond acceptors (Lipinski definition) is 1. The number of halogens is 1. The minimum absolute atomic E-state index is 1.08. The van der Waals surface area contributed by atoms with Crippen LogP contribution in [0.5, 0.6) is 0 Å². The number of unbranched alkanes of at least 4 members (excludes halogenated alkanes) is 7. The van der Waals surface area contributed by atoms with E-state index in [1.807, 2.05) is 0 Å². The van der Waals surface area contributed by atoms with Gasteiger partial charge in [0.05, 0.1) is 0 Å². The van der Waals surface area contributed by atoms with Crippen LogP contribution < -0.4 is 5.32 Å². The van der Waals surface area contributed by atoms with Gasteiger partial charge >= 0.3 is 0 Å². The maximum Gasteiger partial charge on any atom is 0.0487 e. The molecular formula is C17H28BrN. The standard InChI is InChI=1S/C17H28BrN/c1-3-4-5-6-7-8-9-10-13-19-17-14-15(2)11-12-16(17)18/h11-12,14,19H,3-10,13H2,1-2H3. The fourth-order valence-corrected chi connectivity index (χ4v) is 2.64. The second kappa shape index (κ2) is 10.3. The SMILES string of the molecule is CCCCCCCCCCNc1cc(C)ccc1Br. The van der Waals surface area contributed by atoms with Crippen molar-refractivity contribution in [3.05, 3.63) is 28.2 Å². The summed E-state index contributed by atoms with van der Waals surface area (Å²) in [6, 6.07) is 6.45. The zero-order valence-electron chi connectivity index (χ0n) is 12.5. The van der Waals surface area contributed by atoms with Gasteiger partial charge in [-0.2, -0.15) is 0 Å². The van der Waals surface area contributed by atoms with E-state index in [2.05, 4.69) is 53.3 Å². The molecule has 0 aromatic heterocycles. The number of anilines is 1. The average molecular weight is 326 g/mol. The number of rotatable bonds is 10. The summed E-state index contributed by atoms with van der Waals surface area (Å²) in [5.41, 5.74) is 2.53. The monoisotopic (exact) mass is 325 g/mol. The van der Waals surface area contributed by atoms with Gasteiger partial charge in [0.1, 0.15) is 0 Å². The van der Waals surface area contributed by atoms with Crippen molar-refractivity contribution >= 4 is 21.6 Å². The van der Waals surface area contributed by atoms with E-state index in [4.69, 9.17) is 0 Å². The minimum Gasteiger partial charge on any atom is -0.384 e. The van der Waals surface area contributed by atoms with Gasteiger partial charge in [-0.15, -0.1) is 0 Å². The molecule has 108 valence electrons. The Morgan fingerprint density at radius 1 is 0.947 bits per heavy atom. The third-order valence-electron chi connectivity index (χ3n) is 3.47. The second-order valence-electron chi connectivity index (χ2n) is 5.38. The van der Waals surface area contributed by atoms with Crippen LogP contribution in [0.25, 0.3) is 0 Å². The minimum atomic E-state index is 1.08. The van der Waals surface area contributed by atoms with Gasteiger partial charge in [-0.25, -0.2) is 0 Å². The Kier molecular flexibility index (Phi) is 8.98. The normalized spacial score (nSPS) is 10.7. The fourth-order valence-electron chi connectivity index (χ4n) is 2.26. The van der Waals surface area contributed by atoms with Gasteiger partial charge in [0.15, 0.2) is 0 Å². The first-order valence-electron chi connectivity index (χ1n) is 7.74. The highest BCUT2D eigenvalue weighted by Crippen LogP contribution is 2.23. The summed E-state index contributed by atoms with van der Waals surface area (Å²) in [5, 5.41) is 3.52. The molecule has 0 atom stereocenters. The van der Waals surface area contributed by atoms with Gasteiger partial charge in [0.2, 0.25) is 0 Å². The van der Waals surface area contributed by atoms with Gasteiger partial charge in [-0.3, -0.25) is 0 Å². The Morgan fingerprint density at radius 3 is 2.26 bits per heavy atom. The zero-order valence-corrected chi connectivity index (χ0v) is 14.1. The van der Waals surface area contributed by atoms with Crippen LogP contribution in [0.4, 0.5) is 5.69 Å². The molecular weight excluding hydrogens is 298 g/mol. The van der Waals surface area contributed by atoms with E-state index in [9.17, 15) is 0 Å². The van der Waals surface area contributed by atoms with E-state index < -0.39 is 0 Å². The van der Waals surface area contributed by atoms with Crippen molar-refractivity contribution in [2.45, 2.75) is 65.2 Å². The molecule has 0 aliphatic rings. The molecule has 1 rings (SSSR count). The Labute approximate surface area is 127 Å². The summed E-state index contributed by atoms with van der Waals surface area (Å²) >= 11 is 3.59. The molecule has 0 fully saturated rings. The molecule has 1 aromatic carbocycles. The molecule has 0 saturated carbocycles. The number of hydrogen-bond donors (Lipinski definition) is 1. The summed E-state index contributed by atoms with van der Waals surface area (Å²) in [6.07, 6.45) is 11.0. The van der Waals surface area contributed by atoms with Gasteiger partial charge in [-0.1, -0.05) is 57.9 Å². The summed E-state index contributed by atoms with van der Waals surface area (Å²) in [5.74, 6) is 0. The highest BCUT2D eigenvalue weighted by molar-refractivity contribution is 9.10. The quantitative estimate of drug-likeness (QED) is 0.497. The van der Waals surface area contributed by atoms with Crippen LogP contribution in [-0.4, -0.2) is 6.54 Å². The molecule has 0 saturated heterocycles. The van der Waals surface area contributed by atoms with Crippen LogP contribution in [0.3, 0.4) is 0 Å². The molecule has 19 heavy (non-hydrogen) atoms. The molecule has 0 aliphatic heterocycles. The third kappa shape index (κ3) is 7.61. The lowest BCUT2D eigenvalue weighted by molar-refractivity contribution is 0.581. The highest BCUT2D eigenvalue weighted by atomic mass is 79.9. The molecule has 0 spiro atoms. The van der Waals surface area contributed by atoms with E-state index in [1.54, 1.807) is 0 Å². The lowest BCUT2D eigenvalue weighted by atomic mass is 10.1. The van der Waals surface area contributed by atoms with Crippen molar-refractivity contribution in [1.29, 1.82) is 0 Å². The summed E-state index contributed by atoms with van der Waals surface area (Å²) in [7, 11) is 0. The first kappa shape index (κ1) is 16.6. The number of aryl methyl sites for hydroxylation is 1.